The van der Waals surface area contributed by atoms with Gasteiger partial charge in [-0.25, -0.2) is 0 Å². The normalized spacial score (nSPS) is 13.3. The minimum atomic E-state index is -0.489. The third-order valence-electron chi connectivity index (χ3n) is 2.93. The number of amides is 1. The van der Waals surface area contributed by atoms with Crippen molar-refractivity contribution in [3.8, 4) is 0 Å². The Morgan fingerprint density at radius 2 is 1.61 bits per heavy atom. The second-order valence-electron chi connectivity index (χ2n) is 6.08. The molecule has 0 aromatic rings. The van der Waals surface area contributed by atoms with Crippen LogP contribution in [0.25, 0.3) is 0 Å². The van der Waals surface area contributed by atoms with E-state index < -0.39 is 5.60 Å². The summed E-state index contributed by atoms with van der Waals surface area (Å²) in [5, 5.41) is 0. The second-order valence-corrected chi connectivity index (χ2v) is 6.08. The molecule has 0 heterocycles. The van der Waals surface area contributed by atoms with Crippen LogP contribution in [0.15, 0.2) is 0 Å². The first-order valence-corrected chi connectivity index (χ1v) is 6.52. The summed E-state index contributed by atoms with van der Waals surface area (Å²) in [6.07, 6.45) is 0.355. The van der Waals surface area contributed by atoms with E-state index in [-0.39, 0.29) is 30.8 Å². The highest BCUT2D eigenvalue weighted by Crippen LogP contribution is 2.12. The molecule has 0 saturated carbocycles. The maximum absolute atomic E-state index is 11.9. The van der Waals surface area contributed by atoms with E-state index in [2.05, 4.69) is 13.8 Å². The van der Waals surface area contributed by atoms with E-state index in [9.17, 15) is 9.59 Å². The molecule has 0 aliphatic rings. The van der Waals surface area contributed by atoms with Crippen molar-refractivity contribution < 1.29 is 14.3 Å². The molecule has 106 valence electrons. The number of carbonyl (C=O) groups is 2. The molecular weight excluding hydrogens is 230 g/mol. The van der Waals surface area contributed by atoms with Gasteiger partial charge in [-0.3, -0.25) is 9.59 Å². The predicted molar refractivity (Wildman–Crippen MR) is 72.1 cm³/mol. The van der Waals surface area contributed by atoms with Gasteiger partial charge in [0.2, 0.25) is 5.91 Å². The number of carbonyl (C=O) groups excluding carboxylic acids is 2. The monoisotopic (exact) mass is 257 g/mol. The van der Waals surface area contributed by atoms with Crippen molar-refractivity contribution in [2.45, 2.75) is 66.0 Å². The van der Waals surface area contributed by atoms with Crippen molar-refractivity contribution >= 4 is 11.9 Å². The Balaban J connectivity index is 4.15. The molecule has 1 unspecified atom stereocenters. The summed E-state index contributed by atoms with van der Waals surface area (Å²) in [5.41, 5.74) is -0.489. The van der Waals surface area contributed by atoms with Gasteiger partial charge in [0.15, 0.2) is 0 Å². The van der Waals surface area contributed by atoms with Crippen LogP contribution in [0.4, 0.5) is 0 Å². The highest BCUT2D eigenvalue weighted by molar-refractivity contribution is 5.81. The Morgan fingerprint density at radius 3 is 2.00 bits per heavy atom. The largest absolute Gasteiger partial charge is 0.460 e. The molecule has 0 aliphatic heterocycles. The fraction of sp³-hybridized carbons (Fsp3) is 0.857. The maximum atomic E-state index is 11.9. The average molecular weight is 257 g/mol. The summed E-state index contributed by atoms with van der Waals surface area (Å²) in [4.78, 5) is 25.1. The Labute approximate surface area is 111 Å². The molecule has 1 amide bonds. The summed E-state index contributed by atoms with van der Waals surface area (Å²) < 4.78 is 5.17. The second kappa shape index (κ2) is 6.76. The predicted octanol–water partition coefficient (Wildman–Crippen LogP) is 2.61. The van der Waals surface area contributed by atoms with Gasteiger partial charge in [0.05, 0.1) is 6.42 Å². The number of rotatable bonds is 5. The number of esters is 1. The lowest BCUT2D eigenvalue weighted by Gasteiger charge is -2.28. The van der Waals surface area contributed by atoms with Gasteiger partial charge >= 0.3 is 5.97 Å². The van der Waals surface area contributed by atoms with Crippen LogP contribution in [-0.2, 0) is 14.3 Å². The SMILES string of the molecule is CC(C)C(C)N(C)C(=O)CCC(=O)OC(C)(C)C. The zero-order valence-electron chi connectivity index (χ0n) is 12.7. The average Bonchev–Trinajstić information content (AvgIpc) is 2.21. The van der Waals surface area contributed by atoms with E-state index in [0.29, 0.717) is 5.92 Å². The molecule has 4 heteroatoms. The summed E-state index contributed by atoms with van der Waals surface area (Å²) in [7, 11) is 1.78. The third kappa shape index (κ3) is 6.62. The van der Waals surface area contributed by atoms with E-state index >= 15 is 0 Å². The first kappa shape index (κ1) is 16.9. The summed E-state index contributed by atoms with van der Waals surface area (Å²) in [5.74, 6) is 0.0731. The summed E-state index contributed by atoms with van der Waals surface area (Å²) in [6.45, 7) is 11.6. The van der Waals surface area contributed by atoms with Gasteiger partial charge in [-0.2, -0.15) is 0 Å². The van der Waals surface area contributed by atoms with Crippen LogP contribution in [0.3, 0.4) is 0 Å². The van der Waals surface area contributed by atoms with Crippen molar-refractivity contribution in [2.75, 3.05) is 7.05 Å². The molecular formula is C14H27NO3. The first-order chi connectivity index (χ1) is 8.04. The molecule has 0 aromatic heterocycles. The lowest BCUT2D eigenvalue weighted by Crippen LogP contribution is -2.38. The van der Waals surface area contributed by atoms with Crippen molar-refractivity contribution in [1.29, 1.82) is 0 Å². The van der Waals surface area contributed by atoms with Crippen LogP contribution in [0.5, 0.6) is 0 Å². The minimum absolute atomic E-state index is 0.0120. The Hall–Kier alpha value is -1.06. The van der Waals surface area contributed by atoms with Gasteiger partial charge in [0.25, 0.3) is 0 Å². The summed E-state index contributed by atoms with van der Waals surface area (Å²) >= 11 is 0. The van der Waals surface area contributed by atoms with Crippen molar-refractivity contribution in [1.82, 2.24) is 4.90 Å². The van der Waals surface area contributed by atoms with Gasteiger partial charge in [0, 0.05) is 19.5 Å². The van der Waals surface area contributed by atoms with E-state index in [4.69, 9.17) is 4.74 Å². The minimum Gasteiger partial charge on any atom is -0.460 e. The molecule has 0 saturated heterocycles. The highest BCUT2D eigenvalue weighted by Gasteiger charge is 2.21. The lowest BCUT2D eigenvalue weighted by molar-refractivity contribution is -0.156. The van der Waals surface area contributed by atoms with Crippen LogP contribution >= 0.6 is 0 Å². The van der Waals surface area contributed by atoms with Gasteiger partial charge in [-0.15, -0.1) is 0 Å². The maximum Gasteiger partial charge on any atom is 0.306 e. The fourth-order valence-corrected chi connectivity index (χ4v) is 1.45. The van der Waals surface area contributed by atoms with Gasteiger partial charge in [0.1, 0.15) is 5.60 Å². The number of ether oxygens (including phenoxy) is 1. The van der Waals surface area contributed by atoms with Crippen molar-refractivity contribution in [3.05, 3.63) is 0 Å². The molecule has 0 N–H and O–H groups in total. The van der Waals surface area contributed by atoms with E-state index in [0.717, 1.165) is 0 Å². The van der Waals surface area contributed by atoms with Gasteiger partial charge in [-0.1, -0.05) is 13.8 Å². The molecule has 18 heavy (non-hydrogen) atoms. The van der Waals surface area contributed by atoms with E-state index in [1.165, 1.54) is 0 Å². The van der Waals surface area contributed by atoms with Crippen molar-refractivity contribution in [2.24, 2.45) is 5.92 Å². The molecule has 0 radical (unpaired) electrons. The number of hydrogen-bond donors (Lipinski definition) is 0. The van der Waals surface area contributed by atoms with Crippen LogP contribution in [0.1, 0.15) is 54.4 Å². The Bertz CT molecular complexity index is 292. The zero-order valence-corrected chi connectivity index (χ0v) is 12.7. The standard InChI is InChI=1S/C14H27NO3/c1-10(2)11(3)15(7)12(16)8-9-13(17)18-14(4,5)6/h10-11H,8-9H2,1-7H3. The zero-order chi connectivity index (χ0) is 14.5. The van der Waals surface area contributed by atoms with E-state index in [1.807, 2.05) is 27.7 Å². The van der Waals surface area contributed by atoms with Crippen LogP contribution in [0, 0.1) is 5.92 Å². The quantitative estimate of drug-likeness (QED) is 0.711. The van der Waals surface area contributed by atoms with Gasteiger partial charge in [-0.05, 0) is 33.6 Å². The molecule has 0 aliphatic carbocycles. The molecule has 0 fully saturated rings. The Kier molecular flexibility index (Phi) is 6.36. The van der Waals surface area contributed by atoms with E-state index in [1.54, 1.807) is 11.9 Å². The number of hydrogen-bond acceptors (Lipinski definition) is 3. The smallest absolute Gasteiger partial charge is 0.306 e. The third-order valence-corrected chi connectivity index (χ3v) is 2.93. The molecule has 0 aromatic carbocycles. The topological polar surface area (TPSA) is 46.6 Å². The van der Waals surface area contributed by atoms with Crippen molar-refractivity contribution in [3.63, 3.8) is 0 Å². The molecule has 0 bridgehead atoms. The first-order valence-electron chi connectivity index (χ1n) is 6.52. The highest BCUT2D eigenvalue weighted by atomic mass is 16.6. The van der Waals surface area contributed by atoms with Gasteiger partial charge < -0.3 is 9.64 Å². The Morgan fingerprint density at radius 1 is 1.11 bits per heavy atom. The molecule has 0 rings (SSSR count). The number of nitrogens with zero attached hydrogens (tertiary/aromatic N) is 1. The fourth-order valence-electron chi connectivity index (χ4n) is 1.45. The van der Waals surface area contributed by atoms with Crippen LogP contribution in [0.2, 0.25) is 0 Å². The molecule has 4 nitrogen and oxygen atoms in total. The van der Waals surface area contributed by atoms with Crippen LogP contribution in [-0.4, -0.2) is 35.5 Å². The molecule has 1 atom stereocenters. The molecule has 0 spiro atoms. The lowest BCUT2D eigenvalue weighted by atomic mass is 10.0. The summed E-state index contributed by atoms with van der Waals surface area (Å²) in [6, 6.07) is 0.177. The van der Waals surface area contributed by atoms with Crippen LogP contribution < -0.4 is 0 Å².